The molecule has 0 aliphatic rings. The fourth-order valence-electron chi connectivity index (χ4n) is 4.40. The minimum atomic E-state index is -3.57. The minimum Gasteiger partial charge on any atom is -0.480 e. The van der Waals surface area contributed by atoms with Gasteiger partial charge in [0.05, 0.1) is 0 Å². The Morgan fingerprint density at radius 3 is 2.62 bits per heavy atom. The number of sulfonamides is 1. The van der Waals surface area contributed by atoms with Crippen LogP contribution >= 0.6 is 11.3 Å². The second kappa shape index (κ2) is 9.90. The van der Waals surface area contributed by atoms with Gasteiger partial charge in [-0.3, -0.25) is 0 Å². The zero-order valence-corrected chi connectivity index (χ0v) is 21.3. The third-order valence-corrected chi connectivity index (χ3v) is 10.0. The number of carboxylic acids is 1. The van der Waals surface area contributed by atoms with Crippen LogP contribution in [0.1, 0.15) is 43.9 Å². The largest absolute Gasteiger partial charge is 0.480 e. The highest BCUT2D eigenvalue weighted by atomic mass is 32.2. The van der Waals surface area contributed by atoms with E-state index in [2.05, 4.69) is 6.07 Å². The van der Waals surface area contributed by atoms with Crippen molar-refractivity contribution in [2.75, 3.05) is 13.1 Å². The van der Waals surface area contributed by atoms with Crippen molar-refractivity contribution in [3.05, 3.63) is 65.9 Å². The number of fused-ring (bicyclic) bond motifs is 2. The highest BCUT2D eigenvalue weighted by molar-refractivity contribution is 7.91. The molecule has 0 amide bonds. The minimum absolute atomic E-state index is 0.442. The molecule has 0 aliphatic heterocycles. The van der Waals surface area contributed by atoms with Crippen LogP contribution in [-0.2, 0) is 21.2 Å². The number of hydrogen-bond donors (Lipinski definition) is 1. The first-order chi connectivity index (χ1) is 16.2. The number of hydrogen-bond acceptors (Lipinski definition) is 4. The predicted octanol–water partition coefficient (Wildman–Crippen LogP) is 5.84. The number of nitrogens with zero attached hydrogens (tertiary/aromatic N) is 2. The van der Waals surface area contributed by atoms with Crippen LogP contribution in [-0.4, -0.2) is 41.5 Å². The van der Waals surface area contributed by atoms with Gasteiger partial charge in [0.2, 0.25) is 0 Å². The third-order valence-electron chi connectivity index (χ3n) is 6.28. The maximum absolute atomic E-state index is 13.5. The van der Waals surface area contributed by atoms with E-state index >= 15 is 0 Å². The van der Waals surface area contributed by atoms with E-state index in [0.29, 0.717) is 23.7 Å². The monoisotopic (exact) mass is 498 g/mol. The summed E-state index contributed by atoms with van der Waals surface area (Å²) in [6.45, 7) is 6.50. The Hall–Kier alpha value is -2.68. The van der Waals surface area contributed by atoms with Crippen molar-refractivity contribution < 1.29 is 18.3 Å². The van der Waals surface area contributed by atoms with E-state index in [1.165, 1.54) is 11.3 Å². The molecule has 4 rings (SSSR count). The molecule has 0 bridgehead atoms. The Bertz CT molecular complexity index is 1440. The molecular weight excluding hydrogens is 468 g/mol. The van der Waals surface area contributed by atoms with E-state index in [0.717, 1.165) is 45.0 Å². The molecule has 0 saturated heterocycles. The van der Waals surface area contributed by atoms with Gasteiger partial charge in [0.25, 0.3) is 10.0 Å². The van der Waals surface area contributed by atoms with Gasteiger partial charge in [0, 0.05) is 29.5 Å². The van der Waals surface area contributed by atoms with Crippen molar-refractivity contribution in [2.24, 2.45) is 0 Å². The number of thiophene rings is 1. The van der Waals surface area contributed by atoms with Crippen LogP contribution < -0.4 is 0 Å². The molecule has 34 heavy (non-hydrogen) atoms. The van der Waals surface area contributed by atoms with Crippen LogP contribution in [0.25, 0.3) is 21.0 Å². The van der Waals surface area contributed by atoms with Crippen molar-refractivity contribution in [1.82, 2.24) is 8.87 Å². The molecule has 2 aromatic heterocycles. The van der Waals surface area contributed by atoms with Crippen molar-refractivity contribution in [3.63, 3.8) is 0 Å². The van der Waals surface area contributed by atoms with Crippen LogP contribution in [0.15, 0.2) is 58.9 Å². The van der Waals surface area contributed by atoms with Gasteiger partial charge in [-0.05, 0) is 79.3 Å². The molecule has 2 heterocycles. The van der Waals surface area contributed by atoms with Gasteiger partial charge in [-0.2, -0.15) is 4.31 Å². The molecule has 0 fully saturated rings. The maximum Gasteiger partial charge on any atom is 0.326 e. The van der Waals surface area contributed by atoms with Crippen molar-refractivity contribution in [3.8, 4) is 0 Å². The molecule has 0 radical (unpaired) electrons. The smallest absolute Gasteiger partial charge is 0.326 e. The van der Waals surface area contributed by atoms with Gasteiger partial charge in [0.15, 0.2) is 0 Å². The Kier molecular flexibility index (Phi) is 7.12. The third kappa shape index (κ3) is 4.62. The molecule has 1 N–H and O–H groups in total. The molecule has 1 atom stereocenters. The van der Waals surface area contributed by atoms with Gasteiger partial charge in [0.1, 0.15) is 10.3 Å². The highest BCUT2D eigenvalue weighted by Crippen LogP contribution is 2.35. The van der Waals surface area contributed by atoms with Crippen LogP contribution in [0.4, 0.5) is 0 Å². The second-order valence-electron chi connectivity index (χ2n) is 8.65. The van der Waals surface area contributed by atoms with Gasteiger partial charge in [-0.1, -0.05) is 31.2 Å². The lowest BCUT2D eigenvalue weighted by Crippen LogP contribution is -2.33. The number of aliphatic carboxylic acids is 1. The SMILES string of the molecule is CCCN(CCCc1ccc2c(ccn2C(C)C(=O)O)c1)S(=O)(=O)c1sc2ccccc2c1C. The number of rotatable bonds is 10. The second-order valence-corrected chi connectivity index (χ2v) is 11.8. The molecule has 2 aromatic carbocycles. The molecule has 8 heteroatoms. The first-order valence-electron chi connectivity index (χ1n) is 11.5. The number of aryl methyl sites for hydroxylation is 2. The topological polar surface area (TPSA) is 79.6 Å². The highest BCUT2D eigenvalue weighted by Gasteiger charge is 2.28. The van der Waals surface area contributed by atoms with Crippen LogP contribution in [0, 0.1) is 6.92 Å². The lowest BCUT2D eigenvalue weighted by Gasteiger charge is -2.21. The van der Waals surface area contributed by atoms with Crippen molar-refractivity contribution >= 4 is 48.3 Å². The average molecular weight is 499 g/mol. The Labute approximate surface area is 204 Å². The molecular formula is C26H30N2O4S2. The van der Waals surface area contributed by atoms with Gasteiger partial charge >= 0.3 is 5.97 Å². The van der Waals surface area contributed by atoms with Gasteiger partial charge in [-0.15, -0.1) is 11.3 Å². The fraction of sp³-hybridized carbons (Fsp3) is 0.346. The van der Waals surface area contributed by atoms with Gasteiger partial charge < -0.3 is 9.67 Å². The summed E-state index contributed by atoms with van der Waals surface area (Å²) >= 11 is 1.35. The van der Waals surface area contributed by atoms with Crippen molar-refractivity contribution in [1.29, 1.82) is 0 Å². The maximum atomic E-state index is 13.5. The summed E-state index contributed by atoms with van der Waals surface area (Å²) < 4.78 is 31.9. The average Bonchev–Trinajstić information content (AvgIpc) is 3.39. The molecule has 1 unspecified atom stereocenters. The summed E-state index contributed by atoms with van der Waals surface area (Å²) in [5, 5.41) is 11.3. The lowest BCUT2D eigenvalue weighted by molar-refractivity contribution is -0.140. The first-order valence-corrected chi connectivity index (χ1v) is 13.8. The van der Waals surface area contributed by atoms with E-state index in [4.69, 9.17) is 0 Å². The molecule has 180 valence electrons. The van der Waals surface area contributed by atoms with Crippen molar-refractivity contribution in [2.45, 2.75) is 50.3 Å². The van der Waals surface area contributed by atoms with E-state index in [1.807, 2.05) is 56.3 Å². The molecule has 4 aromatic rings. The summed E-state index contributed by atoms with van der Waals surface area (Å²) in [7, 11) is -3.57. The summed E-state index contributed by atoms with van der Waals surface area (Å²) in [5.74, 6) is -0.868. The van der Waals surface area contributed by atoms with Crippen LogP contribution in [0.5, 0.6) is 0 Å². The van der Waals surface area contributed by atoms with E-state index in [1.54, 1.807) is 22.0 Å². The van der Waals surface area contributed by atoms with Crippen LogP contribution in [0.2, 0.25) is 0 Å². The summed E-state index contributed by atoms with van der Waals surface area (Å²) in [4.78, 5) is 11.3. The standard InChI is InChI=1S/C26H30N2O4S2/c1-4-14-27(34(31,32)26-18(2)22-9-5-6-10-24(22)33-26)15-7-8-20-11-12-23-21(17-20)13-16-28(23)19(3)25(29)30/h5-6,9-13,16-17,19H,4,7-8,14-15H2,1-3H3,(H,29,30). The lowest BCUT2D eigenvalue weighted by atomic mass is 10.1. The molecule has 0 saturated carbocycles. The summed E-state index contributed by atoms with van der Waals surface area (Å²) in [6.07, 6.45) is 4.01. The van der Waals surface area contributed by atoms with Gasteiger partial charge in [-0.25, -0.2) is 13.2 Å². The van der Waals surface area contributed by atoms with Crippen LogP contribution in [0.3, 0.4) is 0 Å². The fourth-order valence-corrected chi connectivity index (χ4v) is 7.87. The Morgan fingerprint density at radius 2 is 1.91 bits per heavy atom. The van der Waals surface area contributed by atoms with E-state index < -0.39 is 22.0 Å². The zero-order chi connectivity index (χ0) is 24.5. The van der Waals surface area contributed by atoms with E-state index in [9.17, 15) is 18.3 Å². The number of benzene rings is 2. The quantitative estimate of drug-likeness (QED) is 0.298. The number of carbonyl (C=O) groups is 1. The Morgan fingerprint density at radius 1 is 1.15 bits per heavy atom. The zero-order valence-electron chi connectivity index (χ0n) is 19.7. The number of carboxylic acid groups (broad SMARTS) is 1. The normalized spacial score (nSPS) is 13.2. The predicted molar refractivity (Wildman–Crippen MR) is 138 cm³/mol. The molecule has 0 spiro atoms. The molecule has 6 nitrogen and oxygen atoms in total. The number of aromatic nitrogens is 1. The molecule has 0 aliphatic carbocycles. The summed E-state index contributed by atoms with van der Waals surface area (Å²) in [5.41, 5.74) is 2.82. The summed E-state index contributed by atoms with van der Waals surface area (Å²) in [6, 6.07) is 15.1. The first kappa shape index (κ1) is 24.4. The van der Waals surface area contributed by atoms with E-state index in [-0.39, 0.29) is 0 Å². The Balaban J connectivity index is 1.50.